The van der Waals surface area contributed by atoms with Gasteiger partial charge in [-0.25, -0.2) is 4.79 Å². The first kappa shape index (κ1) is 11.3. The van der Waals surface area contributed by atoms with E-state index in [2.05, 4.69) is 5.32 Å². The van der Waals surface area contributed by atoms with Crippen molar-refractivity contribution in [1.29, 1.82) is 0 Å². The Morgan fingerprint density at radius 2 is 2.22 bits per heavy atom. The Bertz CT molecular complexity index is 525. The minimum absolute atomic E-state index is 0.0174. The van der Waals surface area contributed by atoms with E-state index in [0.29, 0.717) is 30.5 Å². The molecule has 0 aromatic carbocycles. The van der Waals surface area contributed by atoms with Gasteiger partial charge in [0.2, 0.25) is 5.88 Å². The van der Waals surface area contributed by atoms with Crippen LogP contribution in [0.5, 0.6) is 0 Å². The summed E-state index contributed by atoms with van der Waals surface area (Å²) >= 11 is 0. The molecule has 0 bridgehead atoms. The Balaban J connectivity index is 1.97. The van der Waals surface area contributed by atoms with Crippen molar-refractivity contribution < 1.29 is 9.21 Å². The first-order valence-electron chi connectivity index (χ1n) is 6.39. The molecule has 1 aromatic heterocycles. The van der Waals surface area contributed by atoms with Gasteiger partial charge < -0.3 is 14.6 Å². The number of nitrogens with one attached hydrogen (secondary N) is 1. The maximum atomic E-state index is 12.4. The lowest BCUT2D eigenvalue weighted by Gasteiger charge is -2.29. The van der Waals surface area contributed by atoms with Crippen LogP contribution in [0.3, 0.4) is 0 Å². The zero-order valence-electron chi connectivity index (χ0n) is 10.4. The molecule has 96 valence electrons. The highest BCUT2D eigenvalue weighted by molar-refractivity contribution is 6.01. The number of amides is 1. The molecule has 3 rings (SSSR count). The molecule has 2 heterocycles. The van der Waals surface area contributed by atoms with Crippen LogP contribution in [-0.2, 0) is 6.42 Å². The lowest BCUT2D eigenvalue weighted by Crippen LogP contribution is -2.42. The Kier molecular flexibility index (Phi) is 2.61. The van der Waals surface area contributed by atoms with Crippen LogP contribution < -0.4 is 10.9 Å². The molecule has 1 aliphatic carbocycles. The summed E-state index contributed by atoms with van der Waals surface area (Å²) < 4.78 is 5.07. The summed E-state index contributed by atoms with van der Waals surface area (Å²) in [6, 6.07) is 1.42. The smallest absolute Gasteiger partial charge is 0.337 e. The Labute approximate surface area is 105 Å². The predicted octanol–water partition coefficient (Wildman–Crippen LogP) is 1.44. The van der Waals surface area contributed by atoms with Crippen molar-refractivity contribution in [2.45, 2.75) is 26.2 Å². The number of carbonyl (C=O) groups is 1. The zero-order chi connectivity index (χ0) is 12.7. The van der Waals surface area contributed by atoms with Crippen molar-refractivity contribution >= 4 is 11.8 Å². The summed E-state index contributed by atoms with van der Waals surface area (Å²) in [5.41, 5.74) is 0.893. The molecule has 2 aliphatic rings. The highest BCUT2D eigenvalue weighted by Crippen LogP contribution is 2.32. The van der Waals surface area contributed by atoms with E-state index >= 15 is 0 Å². The number of rotatable bonds is 3. The molecule has 0 radical (unpaired) electrons. The van der Waals surface area contributed by atoms with E-state index in [9.17, 15) is 9.59 Å². The zero-order valence-corrected chi connectivity index (χ0v) is 10.4. The number of fused-ring (bicyclic) bond motifs is 1. The fourth-order valence-electron chi connectivity index (χ4n) is 2.34. The average Bonchev–Trinajstić information content (AvgIpc) is 3.15. The SMILES string of the molecule is CCc1cc(=O)oc2c1C(=O)N(CC1CC1)CN2. The number of hydrogen-bond donors (Lipinski definition) is 1. The Morgan fingerprint density at radius 3 is 2.89 bits per heavy atom. The summed E-state index contributed by atoms with van der Waals surface area (Å²) in [7, 11) is 0. The van der Waals surface area contributed by atoms with Crippen molar-refractivity contribution in [2.24, 2.45) is 5.92 Å². The van der Waals surface area contributed by atoms with Crippen LogP contribution in [0.1, 0.15) is 35.7 Å². The van der Waals surface area contributed by atoms with E-state index in [1.165, 1.54) is 18.9 Å². The molecule has 1 aliphatic heterocycles. The van der Waals surface area contributed by atoms with Gasteiger partial charge in [-0.2, -0.15) is 0 Å². The first-order chi connectivity index (χ1) is 8.69. The second-order valence-electron chi connectivity index (χ2n) is 4.95. The highest BCUT2D eigenvalue weighted by Gasteiger charge is 2.33. The Hall–Kier alpha value is -1.78. The number of aryl methyl sites for hydroxylation is 1. The van der Waals surface area contributed by atoms with E-state index in [-0.39, 0.29) is 5.91 Å². The number of anilines is 1. The molecule has 18 heavy (non-hydrogen) atoms. The van der Waals surface area contributed by atoms with Gasteiger partial charge in [0.05, 0.1) is 6.67 Å². The van der Waals surface area contributed by atoms with E-state index < -0.39 is 5.63 Å². The molecule has 5 heteroatoms. The molecule has 1 N–H and O–H groups in total. The molecular weight excluding hydrogens is 232 g/mol. The maximum Gasteiger partial charge on any atom is 0.337 e. The van der Waals surface area contributed by atoms with Crippen molar-refractivity contribution in [3.8, 4) is 0 Å². The van der Waals surface area contributed by atoms with Gasteiger partial charge >= 0.3 is 5.63 Å². The van der Waals surface area contributed by atoms with Crippen LogP contribution in [0.15, 0.2) is 15.3 Å². The van der Waals surface area contributed by atoms with Crippen molar-refractivity contribution in [1.82, 2.24) is 4.90 Å². The van der Waals surface area contributed by atoms with Crippen LogP contribution in [-0.4, -0.2) is 24.0 Å². The molecular formula is C13H16N2O3. The quantitative estimate of drug-likeness (QED) is 0.879. The summed E-state index contributed by atoms with van der Waals surface area (Å²) in [6.45, 7) is 3.16. The summed E-state index contributed by atoms with van der Waals surface area (Å²) in [5, 5.41) is 3.03. The van der Waals surface area contributed by atoms with Gasteiger partial charge in [-0.05, 0) is 30.7 Å². The van der Waals surface area contributed by atoms with Gasteiger partial charge in [-0.15, -0.1) is 0 Å². The molecule has 0 spiro atoms. The molecule has 0 unspecified atom stereocenters. The fraction of sp³-hybridized carbons (Fsp3) is 0.538. The van der Waals surface area contributed by atoms with E-state index in [4.69, 9.17) is 4.42 Å². The fourth-order valence-corrected chi connectivity index (χ4v) is 2.34. The van der Waals surface area contributed by atoms with Gasteiger partial charge in [-0.1, -0.05) is 6.92 Å². The average molecular weight is 248 g/mol. The number of hydrogen-bond acceptors (Lipinski definition) is 4. The molecule has 0 saturated heterocycles. The van der Waals surface area contributed by atoms with Gasteiger partial charge in [0.25, 0.3) is 5.91 Å². The van der Waals surface area contributed by atoms with Crippen LogP contribution in [0.4, 0.5) is 5.88 Å². The molecule has 5 nitrogen and oxygen atoms in total. The lowest BCUT2D eigenvalue weighted by molar-refractivity contribution is 0.0743. The van der Waals surface area contributed by atoms with Crippen LogP contribution >= 0.6 is 0 Å². The highest BCUT2D eigenvalue weighted by atomic mass is 16.4. The predicted molar refractivity (Wildman–Crippen MR) is 66.6 cm³/mol. The van der Waals surface area contributed by atoms with Crippen LogP contribution in [0.25, 0.3) is 0 Å². The largest absolute Gasteiger partial charge is 0.406 e. The summed E-state index contributed by atoms with van der Waals surface area (Å²) in [4.78, 5) is 25.6. The molecule has 1 aromatic rings. The van der Waals surface area contributed by atoms with Crippen molar-refractivity contribution in [3.05, 3.63) is 27.6 Å². The van der Waals surface area contributed by atoms with Crippen molar-refractivity contribution in [3.63, 3.8) is 0 Å². The van der Waals surface area contributed by atoms with E-state index in [0.717, 1.165) is 12.1 Å². The number of carbonyl (C=O) groups excluding carboxylic acids is 1. The van der Waals surface area contributed by atoms with Crippen LogP contribution in [0.2, 0.25) is 0 Å². The van der Waals surface area contributed by atoms with Crippen LogP contribution in [0, 0.1) is 5.92 Å². The minimum atomic E-state index is -0.401. The third-order valence-electron chi connectivity index (χ3n) is 3.53. The van der Waals surface area contributed by atoms with E-state index in [1.807, 2.05) is 6.92 Å². The lowest BCUT2D eigenvalue weighted by atomic mass is 10.1. The standard InChI is InChI=1S/C13H16N2O3/c1-2-9-5-10(16)18-12-11(9)13(17)15(7-14-12)6-8-3-4-8/h5,8,14H,2-4,6-7H2,1H3. The van der Waals surface area contributed by atoms with Gasteiger partial charge in [0.1, 0.15) is 5.56 Å². The molecule has 0 atom stereocenters. The van der Waals surface area contributed by atoms with Gasteiger partial charge in [-0.3, -0.25) is 4.79 Å². The maximum absolute atomic E-state index is 12.4. The van der Waals surface area contributed by atoms with Crippen molar-refractivity contribution in [2.75, 3.05) is 18.5 Å². The minimum Gasteiger partial charge on any atom is -0.406 e. The number of nitrogens with zero attached hydrogens (tertiary/aromatic N) is 1. The summed E-state index contributed by atoms with van der Waals surface area (Å²) in [5.74, 6) is 0.964. The van der Waals surface area contributed by atoms with E-state index in [1.54, 1.807) is 4.90 Å². The third kappa shape index (κ3) is 1.89. The second-order valence-corrected chi connectivity index (χ2v) is 4.95. The first-order valence-corrected chi connectivity index (χ1v) is 6.39. The third-order valence-corrected chi connectivity index (χ3v) is 3.53. The van der Waals surface area contributed by atoms with Gasteiger partial charge in [0.15, 0.2) is 0 Å². The van der Waals surface area contributed by atoms with Gasteiger partial charge in [0, 0.05) is 12.6 Å². The normalized spacial score (nSPS) is 18.5. The summed E-state index contributed by atoms with van der Waals surface area (Å²) in [6.07, 6.45) is 3.07. The molecule has 1 saturated carbocycles. The molecule has 1 fully saturated rings. The monoisotopic (exact) mass is 248 g/mol. The Morgan fingerprint density at radius 1 is 1.44 bits per heavy atom. The molecule has 1 amide bonds. The second kappa shape index (κ2) is 4.15. The topological polar surface area (TPSA) is 62.6 Å².